The number of carboxylic acids is 1. The molecule has 0 saturated carbocycles. The van der Waals surface area contributed by atoms with Gasteiger partial charge in [0.25, 0.3) is 5.91 Å². The molecule has 0 radical (unpaired) electrons. The molecule has 1 fully saturated rings. The SMILES string of the molecule is COC(=O)CCCC(=O)N[C@@H]1C(=O)N2C(C(=O)O)=C(COC(C)=O)CS[C@H]12. The fraction of sp³-hybridized carbons (Fsp3) is 0.562. The number of hydrogen-bond donors (Lipinski definition) is 2. The van der Waals surface area contributed by atoms with Crippen LogP contribution < -0.4 is 5.32 Å². The number of amides is 2. The van der Waals surface area contributed by atoms with Crippen LogP contribution in [0.4, 0.5) is 0 Å². The molecule has 0 aromatic rings. The van der Waals surface area contributed by atoms with Crippen LogP contribution in [0.3, 0.4) is 0 Å². The van der Waals surface area contributed by atoms with E-state index < -0.39 is 41.1 Å². The minimum Gasteiger partial charge on any atom is -0.477 e. The summed E-state index contributed by atoms with van der Waals surface area (Å²) in [7, 11) is 1.26. The summed E-state index contributed by atoms with van der Waals surface area (Å²) in [6.07, 6.45) is 0.432. The summed E-state index contributed by atoms with van der Waals surface area (Å²) in [4.78, 5) is 59.0. The van der Waals surface area contributed by atoms with Crippen molar-refractivity contribution in [3.63, 3.8) is 0 Å². The highest BCUT2D eigenvalue weighted by Crippen LogP contribution is 2.40. The molecule has 2 aliphatic heterocycles. The number of hydrogen-bond acceptors (Lipinski definition) is 8. The maximum Gasteiger partial charge on any atom is 0.352 e. The van der Waals surface area contributed by atoms with Crippen molar-refractivity contribution in [2.24, 2.45) is 0 Å². The number of β-lactam (4-membered cyclic amide) rings is 1. The van der Waals surface area contributed by atoms with E-state index >= 15 is 0 Å². The van der Waals surface area contributed by atoms with Crippen LogP contribution in [-0.2, 0) is 33.4 Å². The number of carbonyl (C=O) groups excluding carboxylic acids is 4. The summed E-state index contributed by atoms with van der Waals surface area (Å²) in [5.41, 5.74) is 0.122. The number of carboxylic acid groups (broad SMARTS) is 1. The van der Waals surface area contributed by atoms with Crippen LogP contribution in [0.2, 0.25) is 0 Å². The van der Waals surface area contributed by atoms with Crippen molar-refractivity contribution < 1.29 is 38.6 Å². The van der Waals surface area contributed by atoms with E-state index in [4.69, 9.17) is 4.74 Å². The summed E-state index contributed by atoms with van der Waals surface area (Å²) in [6.45, 7) is 1.01. The molecule has 0 spiro atoms. The van der Waals surface area contributed by atoms with Crippen molar-refractivity contribution in [3.05, 3.63) is 11.3 Å². The van der Waals surface area contributed by atoms with Gasteiger partial charge >= 0.3 is 17.9 Å². The lowest BCUT2D eigenvalue weighted by molar-refractivity contribution is -0.151. The van der Waals surface area contributed by atoms with E-state index in [9.17, 15) is 29.1 Å². The normalized spacial score (nSPS) is 21.1. The lowest BCUT2D eigenvalue weighted by Gasteiger charge is -2.49. The summed E-state index contributed by atoms with van der Waals surface area (Å²) < 4.78 is 9.34. The molecule has 0 bridgehead atoms. The number of ether oxygens (including phenoxy) is 2. The Hall–Kier alpha value is -2.56. The van der Waals surface area contributed by atoms with E-state index in [1.54, 1.807) is 0 Å². The Balaban J connectivity index is 1.98. The number of methoxy groups -OCH3 is 1. The maximum absolute atomic E-state index is 12.4. The van der Waals surface area contributed by atoms with Crippen LogP contribution in [-0.4, -0.2) is 70.6 Å². The molecule has 11 heteroatoms. The molecule has 2 heterocycles. The number of thioether (sulfide) groups is 1. The van der Waals surface area contributed by atoms with E-state index in [2.05, 4.69) is 10.1 Å². The van der Waals surface area contributed by atoms with Gasteiger partial charge in [0.05, 0.1) is 7.11 Å². The molecule has 0 aromatic carbocycles. The van der Waals surface area contributed by atoms with E-state index in [1.165, 1.54) is 25.8 Å². The first-order valence-corrected chi connectivity index (χ1v) is 9.20. The van der Waals surface area contributed by atoms with Gasteiger partial charge in [-0.25, -0.2) is 4.79 Å². The van der Waals surface area contributed by atoms with Crippen LogP contribution >= 0.6 is 11.8 Å². The number of rotatable bonds is 8. The summed E-state index contributed by atoms with van der Waals surface area (Å²) in [6, 6.07) is -0.828. The number of aliphatic carboxylic acids is 1. The Morgan fingerprint density at radius 1 is 1.30 bits per heavy atom. The Morgan fingerprint density at radius 3 is 2.59 bits per heavy atom. The zero-order valence-electron chi connectivity index (χ0n) is 14.9. The zero-order valence-corrected chi connectivity index (χ0v) is 15.7. The van der Waals surface area contributed by atoms with Gasteiger partial charge in [-0.1, -0.05) is 0 Å². The van der Waals surface area contributed by atoms with Gasteiger partial charge in [-0.05, 0) is 6.42 Å². The third-order valence-corrected chi connectivity index (χ3v) is 5.37. The molecule has 10 nitrogen and oxygen atoms in total. The fourth-order valence-corrected chi connectivity index (χ4v) is 4.05. The predicted molar refractivity (Wildman–Crippen MR) is 92.2 cm³/mol. The Bertz CT molecular complexity index is 705. The molecule has 2 atom stereocenters. The Morgan fingerprint density at radius 2 is 2.00 bits per heavy atom. The standard InChI is InChI=1S/C16H20N2O8S/c1-8(19)26-6-9-7-27-15-12(14(22)18(15)13(9)16(23)24)17-10(20)4-3-5-11(21)25-2/h12,15H,3-7H2,1-2H3,(H,17,20)(H,23,24)/t12-,15-/m1/s1. The maximum atomic E-state index is 12.4. The van der Waals surface area contributed by atoms with Gasteiger partial charge in [0, 0.05) is 31.1 Å². The van der Waals surface area contributed by atoms with Gasteiger partial charge in [-0.3, -0.25) is 24.1 Å². The van der Waals surface area contributed by atoms with E-state index in [-0.39, 0.29) is 37.3 Å². The quantitative estimate of drug-likeness (QED) is 0.412. The second-order valence-electron chi connectivity index (χ2n) is 5.92. The largest absolute Gasteiger partial charge is 0.477 e. The van der Waals surface area contributed by atoms with Crippen LogP contribution in [0.1, 0.15) is 26.2 Å². The number of carbonyl (C=O) groups is 5. The lowest BCUT2D eigenvalue weighted by Crippen LogP contribution is -2.70. The van der Waals surface area contributed by atoms with Crippen LogP contribution in [0, 0.1) is 0 Å². The van der Waals surface area contributed by atoms with Crippen molar-refractivity contribution in [2.75, 3.05) is 19.5 Å². The smallest absolute Gasteiger partial charge is 0.352 e. The molecule has 2 aliphatic rings. The minimum atomic E-state index is -1.29. The molecular weight excluding hydrogens is 380 g/mol. The average molecular weight is 400 g/mol. The molecule has 2 N–H and O–H groups in total. The molecule has 1 saturated heterocycles. The molecule has 0 aliphatic carbocycles. The van der Waals surface area contributed by atoms with Gasteiger partial charge < -0.3 is 19.9 Å². The van der Waals surface area contributed by atoms with Crippen LogP contribution in [0.25, 0.3) is 0 Å². The van der Waals surface area contributed by atoms with Gasteiger partial charge in [-0.2, -0.15) is 0 Å². The topological polar surface area (TPSA) is 139 Å². The third kappa shape index (κ3) is 4.79. The summed E-state index contributed by atoms with van der Waals surface area (Å²) >= 11 is 1.28. The third-order valence-electron chi connectivity index (χ3n) is 4.03. The highest BCUT2D eigenvalue weighted by molar-refractivity contribution is 8.00. The Labute approximate surface area is 159 Å². The second kappa shape index (κ2) is 8.89. The fourth-order valence-electron chi connectivity index (χ4n) is 2.72. The first-order valence-electron chi connectivity index (χ1n) is 8.15. The number of nitrogens with zero attached hydrogens (tertiary/aromatic N) is 1. The first-order chi connectivity index (χ1) is 12.8. The van der Waals surface area contributed by atoms with Gasteiger partial charge in [0.15, 0.2) is 0 Å². The first kappa shape index (κ1) is 20.7. The summed E-state index contributed by atoms with van der Waals surface area (Å²) in [5.74, 6) is -2.94. The Kier molecular flexibility index (Phi) is 6.83. The molecule has 148 valence electrons. The van der Waals surface area contributed by atoms with Gasteiger partial charge in [-0.15, -0.1) is 11.8 Å². The molecule has 0 aromatic heterocycles. The predicted octanol–water partition coefficient (Wildman–Crippen LogP) is -0.369. The van der Waals surface area contributed by atoms with Crippen molar-refractivity contribution in [1.29, 1.82) is 0 Å². The van der Waals surface area contributed by atoms with Crippen molar-refractivity contribution in [1.82, 2.24) is 10.2 Å². The van der Waals surface area contributed by atoms with Gasteiger partial charge in [0.2, 0.25) is 5.91 Å². The highest BCUT2D eigenvalue weighted by atomic mass is 32.2. The van der Waals surface area contributed by atoms with Gasteiger partial charge in [0.1, 0.15) is 23.7 Å². The minimum absolute atomic E-state index is 0.0512. The van der Waals surface area contributed by atoms with Crippen molar-refractivity contribution in [3.8, 4) is 0 Å². The van der Waals surface area contributed by atoms with E-state index in [0.717, 1.165) is 4.90 Å². The summed E-state index contributed by atoms with van der Waals surface area (Å²) in [5, 5.41) is 11.5. The number of esters is 2. The number of fused-ring (bicyclic) bond motifs is 1. The second-order valence-corrected chi connectivity index (χ2v) is 7.03. The monoisotopic (exact) mass is 400 g/mol. The van der Waals surface area contributed by atoms with Crippen molar-refractivity contribution in [2.45, 2.75) is 37.6 Å². The molecule has 2 amide bonds. The van der Waals surface area contributed by atoms with Crippen LogP contribution in [0.15, 0.2) is 11.3 Å². The molecule has 27 heavy (non-hydrogen) atoms. The highest BCUT2D eigenvalue weighted by Gasteiger charge is 2.54. The lowest BCUT2D eigenvalue weighted by atomic mass is 10.0. The zero-order chi connectivity index (χ0) is 20.1. The van der Waals surface area contributed by atoms with Crippen molar-refractivity contribution >= 4 is 41.5 Å². The van der Waals surface area contributed by atoms with E-state index in [1.807, 2.05) is 0 Å². The van der Waals surface area contributed by atoms with Crippen LogP contribution in [0.5, 0.6) is 0 Å². The van der Waals surface area contributed by atoms with E-state index in [0.29, 0.717) is 5.57 Å². The number of nitrogens with one attached hydrogen (secondary N) is 1. The molecular formula is C16H20N2O8S. The molecule has 0 unspecified atom stereocenters. The molecule has 2 rings (SSSR count). The average Bonchev–Trinajstić information content (AvgIpc) is 2.62.